The normalized spacial score (nSPS) is 11.0. The summed E-state index contributed by atoms with van der Waals surface area (Å²) in [7, 11) is 0. The Morgan fingerprint density at radius 3 is 2.71 bits per heavy atom. The van der Waals surface area contributed by atoms with E-state index in [2.05, 4.69) is 4.98 Å². The molecule has 3 nitrogen and oxygen atoms in total. The van der Waals surface area contributed by atoms with Gasteiger partial charge in [0.2, 0.25) is 0 Å². The molecule has 0 bridgehead atoms. The van der Waals surface area contributed by atoms with Gasteiger partial charge in [0.25, 0.3) is 5.56 Å². The third kappa shape index (κ3) is 2.45. The van der Waals surface area contributed by atoms with Gasteiger partial charge in [-0.2, -0.15) is 0 Å². The SMILES string of the molecule is CCn1c(=O)cc(-c2cccc(Cl)c2)c2ccc(C)nc21. The zero-order chi connectivity index (χ0) is 15.0. The predicted octanol–water partition coefficient (Wildman–Crippen LogP) is 4.05. The van der Waals surface area contributed by atoms with E-state index in [1.807, 2.05) is 50.2 Å². The maximum absolute atomic E-state index is 12.3. The fraction of sp³-hybridized carbons (Fsp3) is 0.176. The molecule has 0 aliphatic carbocycles. The molecule has 0 amide bonds. The Bertz CT molecular complexity index is 884. The molecule has 0 aliphatic heterocycles. The fourth-order valence-electron chi connectivity index (χ4n) is 2.54. The quantitative estimate of drug-likeness (QED) is 0.715. The monoisotopic (exact) mass is 298 g/mol. The molecule has 0 radical (unpaired) electrons. The summed E-state index contributed by atoms with van der Waals surface area (Å²) in [5.74, 6) is 0. The minimum atomic E-state index is -0.0434. The first-order valence-electron chi connectivity index (χ1n) is 6.87. The molecule has 3 aromatic rings. The largest absolute Gasteiger partial charge is 0.293 e. The summed E-state index contributed by atoms with van der Waals surface area (Å²) in [5, 5.41) is 1.62. The maximum atomic E-state index is 12.3. The van der Waals surface area contributed by atoms with Crippen molar-refractivity contribution < 1.29 is 0 Å². The lowest BCUT2D eigenvalue weighted by Crippen LogP contribution is -2.20. The number of hydrogen-bond acceptors (Lipinski definition) is 2. The lowest BCUT2D eigenvalue weighted by atomic mass is 10.0. The standard InChI is InChI=1S/C17H15ClN2O/c1-3-20-16(21)10-15(12-5-4-6-13(18)9-12)14-8-7-11(2)19-17(14)20/h4-10H,3H2,1-2H3. The molecule has 0 spiro atoms. The molecule has 0 fully saturated rings. The van der Waals surface area contributed by atoms with Crippen LogP contribution in [0.15, 0.2) is 47.3 Å². The Kier molecular flexibility index (Phi) is 3.52. The number of benzene rings is 1. The highest BCUT2D eigenvalue weighted by molar-refractivity contribution is 6.30. The summed E-state index contributed by atoms with van der Waals surface area (Å²) < 4.78 is 1.69. The number of pyridine rings is 2. The van der Waals surface area contributed by atoms with Gasteiger partial charge in [0.15, 0.2) is 0 Å². The van der Waals surface area contributed by atoms with Crippen molar-refractivity contribution in [3.05, 3.63) is 63.5 Å². The van der Waals surface area contributed by atoms with Crippen molar-refractivity contribution in [2.75, 3.05) is 0 Å². The van der Waals surface area contributed by atoms with Crippen LogP contribution in [0.3, 0.4) is 0 Å². The zero-order valence-electron chi connectivity index (χ0n) is 11.9. The number of aromatic nitrogens is 2. The van der Waals surface area contributed by atoms with Crippen LogP contribution in [-0.2, 0) is 6.54 Å². The molecule has 106 valence electrons. The molecule has 2 aromatic heterocycles. The van der Waals surface area contributed by atoms with Crippen LogP contribution in [-0.4, -0.2) is 9.55 Å². The Balaban J connectivity index is 2.42. The summed E-state index contributed by atoms with van der Waals surface area (Å²) in [6, 6.07) is 13.2. The van der Waals surface area contributed by atoms with Crippen LogP contribution in [0.25, 0.3) is 22.2 Å². The molecule has 0 aliphatic rings. The van der Waals surface area contributed by atoms with Crippen molar-refractivity contribution in [2.45, 2.75) is 20.4 Å². The van der Waals surface area contributed by atoms with Crippen LogP contribution >= 0.6 is 11.6 Å². The van der Waals surface area contributed by atoms with Crippen LogP contribution in [0.4, 0.5) is 0 Å². The van der Waals surface area contributed by atoms with Crippen molar-refractivity contribution in [2.24, 2.45) is 0 Å². The second-order valence-electron chi connectivity index (χ2n) is 4.97. The van der Waals surface area contributed by atoms with Gasteiger partial charge in [-0.05, 0) is 49.2 Å². The number of rotatable bonds is 2. The van der Waals surface area contributed by atoms with Crippen LogP contribution in [0.5, 0.6) is 0 Å². The summed E-state index contributed by atoms with van der Waals surface area (Å²) in [5.41, 5.74) is 3.37. The predicted molar refractivity (Wildman–Crippen MR) is 86.9 cm³/mol. The van der Waals surface area contributed by atoms with E-state index in [1.54, 1.807) is 10.6 Å². The number of halogens is 1. The molecule has 21 heavy (non-hydrogen) atoms. The first-order chi connectivity index (χ1) is 10.1. The van der Waals surface area contributed by atoms with Gasteiger partial charge in [0.05, 0.1) is 0 Å². The first kappa shape index (κ1) is 13.8. The number of fused-ring (bicyclic) bond motifs is 1. The van der Waals surface area contributed by atoms with Gasteiger partial charge in [-0.15, -0.1) is 0 Å². The summed E-state index contributed by atoms with van der Waals surface area (Å²) in [6.07, 6.45) is 0. The summed E-state index contributed by atoms with van der Waals surface area (Å²) >= 11 is 6.07. The fourth-order valence-corrected chi connectivity index (χ4v) is 2.73. The van der Waals surface area contributed by atoms with Crippen molar-refractivity contribution in [3.63, 3.8) is 0 Å². The summed E-state index contributed by atoms with van der Waals surface area (Å²) in [6.45, 7) is 4.47. The molecule has 0 saturated heterocycles. The summed E-state index contributed by atoms with van der Waals surface area (Å²) in [4.78, 5) is 16.9. The highest BCUT2D eigenvalue weighted by atomic mass is 35.5. The van der Waals surface area contributed by atoms with Gasteiger partial charge in [-0.25, -0.2) is 4.98 Å². The second kappa shape index (κ2) is 5.34. The van der Waals surface area contributed by atoms with Crippen LogP contribution < -0.4 is 5.56 Å². The molecule has 0 N–H and O–H groups in total. The van der Waals surface area contributed by atoms with Gasteiger partial charge in [-0.3, -0.25) is 9.36 Å². The van der Waals surface area contributed by atoms with Gasteiger partial charge in [0.1, 0.15) is 5.65 Å². The van der Waals surface area contributed by atoms with E-state index in [1.165, 1.54) is 0 Å². The van der Waals surface area contributed by atoms with E-state index in [0.717, 1.165) is 27.9 Å². The van der Waals surface area contributed by atoms with E-state index in [0.29, 0.717) is 11.6 Å². The smallest absolute Gasteiger partial charge is 0.252 e. The maximum Gasteiger partial charge on any atom is 0.252 e. The van der Waals surface area contributed by atoms with Crippen LogP contribution in [0.1, 0.15) is 12.6 Å². The van der Waals surface area contributed by atoms with Crippen molar-refractivity contribution >= 4 is 22.6 Å². The van der Waals surface area contributed by atoms with Gasteiger partial charge in [-0.1, -0.05) is 23.7 Å². The number of aryl methyl sites for hydroxylation is 2. The molecule has 4 heteroatoms. The Morgan fingerprint density at radius 2 is 2.00 bits per heavy atom. The lowest BCUT2D eigenvalue weighted by Gasteiger charge is -2.12. The van der Waals surface area contributed by atoms with Crippen molar-refractivity contribution in [3.8, 4) is 11.1 Å². The second-order valence-corrected chi connectivity index (χ2v) is 5.41. The van der Waals surface area contributed by atoms with E-state index in [4.69, 9.17) is 11.6 Å². The third-order valence-electron chi connectivity index (χ3n) is 3.55. The van der Waals surface area contributed by atoms with Gasteiger partial charge < -0.3 is 0 Å². The van der Waals surface area contributed by atoms with Crippen LogP contribution in [0.2, 0.25) is 5.02 Å². The molecule has 0 atom stereocenters. The van der Waals surface area contributed by atoms with Gasteiger partial charge >= 0.3 is 0 Å². The molecule has 1 aromatic carbocycles. The molecule has 2 heterocycles. The topological polar surface area (TPSA) is 34.9 Å². The molecule has 3 rings (SSSR count). The lowest BCUT2D eigenvalue weighted by molar-refractivity contribution is 0.749. The first-order valence-corrected chi connectivity index (χ1v) is 7.25. The Labute approximate surface area is 127 Å². The van der Waals surface area contributed by atoms with Gasteiger partial charge in [0, 0.05) is 28.7 Å². The minimum absolute atomic E-state index is 0.0434. The Morgan fingerprint density at radius 1 is 1.19 bits per heavy atom. The molecular formula is C17H15ClN2O. The minimum Gasteiger partial charge on any atom is -0.293 e. The molecule has 0 saturated carbocycles. The number of hydrogen-bond donors (Lipinski definition) is 0. The molecule has 0 unspecified atom stereocenters. The zero-order valence-corrected chi connectivity index (χ0v) is 12.7. The highest BCUT2D eigenvalue weighted by Crippen LogP contribution is 2.28. The molecular weight excluding hydrogens is 284 g/mol. The third-order valence-corrected chi connectivity index (χ3v) is 3.78. The number of nitrogens with zero attached hydrogens (tertiary/aromatic N) is 2. The average molecular weight is 299 g/mol. The van der Waals surface area contributed by atoms with E-state index < -0.39 is 0 Å². The van der Waals surface area contributed by atoms with Crippen molar-refractivity contribution in [1.29, 1.82) is 0 Å². The van der Waals surface area contributed by atoms with E-state index >= 15 is 0 Å². The van der Waals surface area contributed by atoms with E-state index in [9.17, 15) is 4.79 Å². The Hall–Kier alpha value is -2.13. The van der Waals surface area contributed by atoms with E-state index in [-0.39, 0.29) is 5.56 Å². The van der Waals surface area contributed by atoms with Crippen molar-refractivity contribution in [1.82, 2.24) is 9.55 Å². The average Bonchev–Trinajstić information content (AvgIpc) is 2.46. The van der Waals surface area contributed by atoms with Crippen LogP contribution in [0, 0.1) is 6.92 Å². The highest BCUT2D eigenvalue weighted by Gasteiger charge is 2.11.